The van der Waals surface area contributed by atoms with Crippen molar-refractivity contribution in [2.24, 2.45) is 4.99 Å². The van der Waals surface area contributed by atoms with Crippen LogP contribution >= 0.6 is 0 Å². The Hall–Kier alpha value is -3.60. The Bertz CT molecular complexity index is 978. The van der Waals surface area contributed by atoms with E-state index in [4.69, 9.17) is 0 Å². The standard InChI is InChI=1S/C21H16N2O3/c1-15-7-5-6-10-19(15)21(24)20(22-17-8-3-2-4-9-17)16-11-13-18(14-12-16)23(25)26/h2-14H,1H3. The molecule has 0 unspecified atom stereocenters. The third-order valence-electron chi connectivity index (χ3n) is 3.95. The van der Waals surface area contributed by atoms with E-state index in [0.29, 0.717) is 16.8 Å². The second-order valence-electron chi connectivity index (χ2n) is 5.74. The molecule has 0 radical (unpaired) electrons. The number of nitro groups is 1. The molecule has 0 aliphatic carbocycles. The normalized spacial score (nSPS) is 11.2. The zero-order valence-corrected chi connectivity index (χ0v) is 14.1. The van der Waals surface area contributed by atoms with E-state index >= 15 is 0 Å². The van der Waals surface area contributed by atoms with Gasteiger partial charge in [0.05, 0.1) is 10.6 Å². The summed E-state index contributed by atoms with van der Waals surface area (Å²) >= 11 is 0. The quantitative estimate of drug-likeness (QED) is 0.286. The number of nitrogens with zero attached hydrogens (tertiary/aromatic N) is 2. The summed E-state index contributed by atoms with van der Waals surface area (Å²) in [4.78, 5) is 28.1. The van der Waals surface area contributed by atoms with E-state index in [9.17, 15) is 14.9 Å². The van der Waals surface area contributed by atoms with Crippen molar-refractivity contribution in [3.05, 3.63) is 106 Å². The molecule has 0 saturated heterocycles. The lowest BCUT2D eigenvalue weighted by atomic mass is 9.97. The molecule has 0 spiro atoms. The van der Waals surface area contributed by atoms with Gasteiger partial charge < -0.3 is 0 Å². The monoisotopic (exact) mass is 344 g/mol. The summed E-state index contributed by atoms with van der Waals surface area (Å²) in [6.45, 7) is 1.86. The average Bonchev–Trinajstić information content (AvgIpc) is 2.67. The SMILES string of the molecule is Cc1ccccc1C(=O)C(=Nc1ccccc1)c1ccc([N+](=O)[O-])cc1. The van der Waals surface area contributed by atoms with E-state index in [1.54, 1.807) is 36.4 Å². The fourth-order valence-corrected chi connectivity index (χ4v) is 2.57. The Labute approximate surface area is 150 Å². The highest BCUT2D eigenvalue weighted by Crippen LogP contribution is 2.20. The minimum atomic E-state index is -0.471. The minimum Gasteiger partial charge on any atom is -0.287 e. The molecule has 0 N–H and O–H groups in total. The molecule has 0 heterocycles. The Kier molecular flexibility index (Phi) is 4.99. The molecule has 0 amide bonds. The van der Waals surface area contributed by atoms with E-state index in [1.807, 2.05) is 37.3 Å². The van der Waals surface area contributed by atoms with E-state index in [0.717, 1.165) is 5.56 Å². The number of hydrogen-bond acceptors (Lipinski definition) is 4. The van der Waals surface area contributed by atoms with E-state index in [1.165, 1.54) is 12.1 Å². The molecule has 0 aliphatic rings. The maximum absolute atomic E-state index is 13.1. The van der Waals surface area contributed by atoms with Crippen LogP contribution < -0.4 is 0 Å². The highest BCUT2D eigenvalue weighted by Gasteiger charge is 2.19. The van der Waals surface area contributed by atoms with Gasteiger partial charge in [-0.1, -0.05) is 42.5 Å². The molecule has 3 aromatic carbocycles. The predicted molar refractivity (Wildman–Crippen MR) is 101 cm³/mol. The maximum Gasteiger partial charge on any atom is 0.269 e. The van der Waals surface area contributed by atoms with Crippen LogP contribution in [0.25, 0.3) is 0 Å². The van der Waals surface area contributed by atoms with Crippen molar-refractivity contribution in [1.29, 1.82) is 0 Å². The summed E-state index contributed by atoms with van der Waals surface area (Å²) in [6.07, 6.45) is 0. The van der Waals surface area contributed by atoms with Crippen molar-refractivity contribution in [2.45, 2.75) is 6.92 Å². The van der Waals surface area contributed by atoms with Crippen molar-refractivity contribution in [3.63, 3.8) is 0 Å². The van der Waals surface area contributed by atoms with Crippen LogP contribution in [0, 0.1) is 17.0 Å². The molecule has 5 heteroatoms. The first kappa shape index (κ1) is 17.2. The van der Waals surface area contributed by atoms with Crippen LogP contribution in [0.2, 0.25) is 0 Å². The van der Waals surface area contributed by atoms with Crippen LogP contribution in [0.5, 0.6) is 0 Å². The van der Waals surface area contributed by atoms with Crippen LogP contribution in [0.1, 0.15) is 21.5 Å². The van der Waals surface area contributed by atoms with Crippen LogP contribution in [-0.4, -0.2) is 16.4 Å². The number of ketones is 1. The first-order chi connectivity index (χ1) is 12.6. The molecular formula is C21H16N2O3. The summed E-state index contributed by atoms with van der Waals surface area (Å²) in [5.74, 6) is -0.221. The second-order valence-corrected chi connectivity index (χ2v) is 5.74. The highest BCUT2D eigenvalue weighted by molar-refractivity contribution is 6.52. The largest absolute Gasteiger partial charge is 0.287 e. The Balaban J connectivity index is 2.11. The second kappa shape index (κ2) is 7.53. The molecular weight excluding hydrogens is 328 g/mol. The van der Waals surface area contributed by atoms with Crippen molar-refractivity contribution < 1.29 is 9.72 Å². The van der Waals surface area contributed by atoms with Gasteiger partial charge in [0.25, 0.3) is 5.69 Å². The number of carbonyl (C=O) groups excluding carboxylic acids is 1. The molecule has 3 aromatic rings. The smallest absolute Gasteiger partial charge is 0.269 e. The molecule has 0 saturated carbocycles. The van der Waals surface area contributed by atoms with Gasteiger partial charge in [-0.15, -0.1) is 0 Å². The average molecular weight is 344 g/mol. The fourth-order valence-electron chi connectivity index (χ4n) is 2.57. The van der Waals surface area contributed by atoms with Crippen molar-refractivity contribution in [3.8, 4) is 0 Å². The summed E-state index contributed by atoms with van der Waals surface area (Å²) in [5, 5.41) is 10.9. The van der Waals surface area contributed by atoms with Gasteiger partial charge in [-0.25, -0.2) is 4.99 Å². The minimum absolute atomic E-state index is 0.0313. The number of benzene rings is 3. The van der Waals surface area contributed by atoms with E-state index in [2.05, 4.69) is 4.99 Å². The van der Waals surface area contributed by atoms with E-state index < -0.39 is 4.92 Å². The van der Waals surface area contributed by atoms with Crippen LogP contribution in [0.4, 0.5) is 11.4 Å². The summed E-state index contributed by atoms with van der Waals surface area (Å²) in [5.41, 5.74) is 2.80. The Morgan fingerprint density at radius 2 is 1.50 bits per heavy atom. The number of carbonyl (C=O) groups is 1. The number of Topliss-reactive ketones (excluding diaryl/α,β-unsaturated/α-hetero) is 1. The summed E-state index contributed by atoms with van der Waals surface area (Å²) in [6, 6.07) is 22.3. The summed E-state index contributed by atoms with van der Waals surface area (Å²) < 4.78 is 0. The van der Waals surface area contributed by atoms with Crippen molar-refractivity contribution in [1.82, 2.24) is 0 Å². The van der Waals surface area contributed by atoms with Crippen LogP contribution in [0.3, 0.4) is 0 Å². The molecule has 128 valence electrons. The van der Waals surface area contributed by atoms with Crippen LogP contribution in [0.15, 0.2) is 83.9 Å². The first-order valence-corrected chi connectivity index (χ1v) is 8.05. The van der Waals surface area contributed by atoms with Gasteiger partial charge in [0, 0.05) is 23.3 Å². The number of rotatable bonds is 5. The number of non-ortho nitro benzene ring substituents is 1. The third-order valence-corrected chi connectivity index (χ3v) is 3.95. The molecule has 0 aliphatic heterocycles. The number of para-hydroxylation sites is 1. The predicted octanol–water partition coefficient (Wildman–Crippen LogP) is 4.91. The van der Waals surface area contributed by atoms with Gasteiger partial charge in [0.1, 0.15) is 5.71 Å². The summed E-state index contributed by atoms with van der Waals surface area (Å²) in [7, 11) is 0. The van der Waals surface area contributed by atoms with Gasteiger partial charge >= 0.3 is 0 Å². The zero-order chi connectivity index (χ0) is 18.5. The number of hydrogen-bond donors (Lipinski definition) is 0. The van der Waals surface area contributed by atoms with Crippen molar-refractivity contribution >= 4 is 22.9 Å². The number of aliphatic imine (C=N–C) groups is 1. The number of nitro benzene ring substituents is 1. The van der Waals surface area contributed by atoms with Crippen molar-refractivity contribution in [2.75, 3.05) is 0 Å². The highest BCUT2D eigenvalue weighted by atomic mass is 16.6. The first-order valence-electron chi connectivity index (χ1n) is 8.05. The van der Waals surface area contributed by atoms with Gasteiger partial charge in [-0.3, -0.25) is 14.9 Å². The molecule has 0 fully saturated rings. The van der Waals surface area contributed by atoms with Gasteiger partial charge in [0.2, 0.25) is 5.78 Å². The van der Waals surface area contributed by atoms with Gasteiger partial charge in [-0.2, -0.15) is 0 Å². The van der Waals surface area contributed by atoms with Gasteiger partial charge in [0.15, 0.2) is 0 Å². The van der Waals surface area contributed by atoms with E-state index in [-0.39, 0.29) is 17.2 Å². The molecule has 26 heavy (non-hydrogen) atoms. The third kappa shape index (κ3) is 3.72. The Morgan fingerprint density at radius 1 is 0.885 bits per heavy atom. The zero-order valence-electron chi connectivity index (χ0n) is 14.1. The Morgan fingerprint density at radius 3 is 2.12 bits per heavy atom. The lowest BCUT2D eigenvalue weighted by molar-refractivity contribution is -0.384. The topological polar surface area (TPSA) is 72.6 Å². The van der Waals surface area contributed by atoms with Crippen LogP contribution in [-0.2, 0) is 0 Å². The lowest BCUT2D eigenvalue weighted by Crippen LogP contribution is -2.17. The maximum atomic E-state index is 13.1. The fraction of sp³-hybridized carbons (Fsp3) is 0.0476. The molecule has 3 rings (SSSR count). The molecule has 5 nitrogen and oxygen atoms in total. The number of aryl methyl sites for hydroxylation is 1. The lowest BCUT2D eigenvalue weighted by Gasteiger charge is -2.09. The molecule has 0 bridgehead atoms. The molecule has 0 aromatic heterocycles. The molecule has 0 atom stereocenters. The van der Waals surface area contributed by atoms with Gasteiger partial charge in [-0.05, 0) is 36.8 Å².